The van der Waals surface area contributed by atoms with Crippen LogP contribution in [0, 0.1) is 0 Å². The van der Waals surface area contributed by atoms with Crippen LogP contribution in [0.5, 0.6) is 5.75 Å². The largest absolute Gasteiger partial charge is 0.493 e. The molecule has 6 heteroatoms. The Kier molecular flexibility index (Phi) is 5.01. The zero-order valence-electron chi connectivity index (χ0n) is 12.9. The second-order valence-corrected chi connectivity index (χ2v) is 5.71. The Hall–Kier alpha value is -1.11. The van der Waals surface area contributed by atoms with E-state index in [0.717, 1.165) is 37.4 Å². The van der Waals surface area contributed by atoms with E-state index in [0.29, 0.717) is 0 Å². The van der Waals surface area contributed by atoms with Crippen LogP contribution in [-0.2, 0) is 11.3 Å². The summed E-state index contributed by atoms with van der Waals surface area (Å²) >= 11 is 0. The minimum Gasteiger partial charge on any atom is -0.493 e. The molecule has 0 amide bonds. The van der Waals surface area contributed by atoms with Gasteiger partial charge in [0.1, 0.15) is 0 Å². The highest BCUT2D eigenvalue weighted by Gasteiger charge is 2.32. The van der Waals surface area contributed by atoms with Crippen LogP contribution in [0.1, 0.15) is 31.5 Å². The van der Waals surface area contributed by atoms with E-state index in [1.165, 1.54) is 0 Å². The first-order valence-corrected chi connectivity index (χ1v) is 7.18. The zero-order chi connectivity index (χ0) is 14.7. The maximum absolute atomic E-state index is 6.41. The lowest BCUT2D eigenvalue weighted by Crippen LogP contribution is -2.30. The van der Waals surface area contributed by atoms with Crippen LogP contribution in [0.3, 0.4) is 0 Å². The fraction of sp³-hybridized carbons (Fsp3) is 0.786. The molecule has 2 heterocycles. The normalized spacial score (nSPS) is 24.3. The Morgan fingerprint density at radius 3 is 2.85 bits per heavy atom. The van der Waals surface area contributed by atoms with E-state index in [9.17, 15) is 0 Å². The van der Waals surface area contributed by atoms with Gasteiger partial charge in [-0.2, -0.15) is 5.10 Å². The van der Waals surface area contributed by atoms with E-state index in [4.69, 9.17) is 15.2 Å². The van der Waals surface area contributed by atoms with Crippen molar-refractivity contribution in [1.29, 1.82) is 0 Å². The Morgan fingerprint density at radius 2 is 2.30 bits per heavy atom. The van der Waals surface area contributed by atoms with Gasteiger partial charge < -0.3 is 20.1 Å². The van der Waals surface area contributed by atoms with Crippen molar-refractivity contribution in [3.63, 3.8) is 0 Å². The van der Waals surface area contributed by atoms with Gasteiger partial charge in [0.25, 0.3) is 0 Å². The molecule has 0 aliphatic carbocycles. The average molecular weight is 282 g/mol. The summed E-state index contributed by atoms with van der Waals surface area (Å²) in [7, 11) is 5.74. The number of likely N-dealkylation sites (N-methyl/N-ethyl adjacent to an activating group) is 1. The van der Waals surface area contributed by atoms with Crippen LogP contribution in [0.4, 0.5) is 0 Å². The zero-order valence-corrected chi connectivity index (χ0v) is 12.9. The first-order valence-electron chi connectivity index (χ1n) is 7.18. The van der Waals surface area contributed by atoms with Crippen LogP contribution in [0.25, 0.3) is 0 Å². The molecule has 1 fully saturated rings. The summed E-state index contributed by atoms with van der Waals surface area (Å²) in [5, 5.41) is 4.40. The Labute approximate surface area is 120 Å². The maximum Gasteiger partial charge on any atom is 0.161 e. The number of methoxy groups -OCH3 is 1. The molecule has 2 rings (SSSR count). The minimum absolute atomic E-state index is 0.0497. The Morgan fingerprint density at radius 1 is 1.55 bits per heavy atom. The molecular weight excluding hydrogens is 256 g/mol. The molecule has 1 aromatic heterocycles. The van der Waals surface area contributed by atoms with Gasteiger partial charge in [-0.25, -0.2) is 0 Å². The van der Waals surface area contributed by atoms with Crippen LogP contribution < -0.4 is 10.5 Å². The monoisotopic (exact) mass is 282 g/mol. The molecule has 0 spiro atoms. The number of ether oxygens (including phenoxy) is 2. The van der Waals surface area contributed by atoms with Crippen molar-refractivity contribution < 1.29 is 9.47 Å². The second kappa shape index (κ2) is 6.56. The number of hydrogen-bond donors (Lipinski definition) is 1. The molecule has 1 aliphatic heterocycles. The molecule has 0 bridgehead atoms. The van der Waals surface area contributed by atoms with Gasteiger partial charge in [0.05, 0.1) is 43.8 Å². The standard InChI is InChI=1S/C14H26N4O2/c1-10-5-6-11(20-10)13(15)14-12(19-4)9-16-18(14)8-7-17(2)3/h9-11,13H,5-8,15H2,1-4H3. The number of hydrogen-bond acceptors (Lipinski definition) is 5. The van der Waals surface area contributed by atoms with E-state index in [-0.39, 0.29) is 18.2 Å². The molecule has 3 atom stereocenters. The molecule has 2 N–H and O–H groups in total. The van der Waals surface area contributed by atoms with E-state index >= 15 is 0 Å². The smallest absolute Gasteiger partial charge is 0.161 e. The molecular formula is C14H26N4O2. The lowest BCUT2D eigenvalue weighted by Gasteiger charge is -2.22. The van der Waals surface area contributed by atoms with Gasteiger partial charge in [0.15, 0.2) is 5.75 Å². The van der Waals surface area contributed by atoms with Crippen LogP contribution >= 0.6 is 0 Å². The van der Waals surface area contributed by atoms with Crippen molar-refractivity contribution in [3.05, 3.63) is 11.9 Å². The fourth-order valence-corrected chi connectivity index (χ4v) is 2.62. The molecule has 0 radical (unpaired) electrons. The quantitative estimate of drug-likeness (QED) is 0.844. The summed E-state index contributed by atoms with van der Waals surface area (Å²) in [6.07, 6.45) is 4.13. The molecule has 20 heavy (non-hydrogen) atoms. The van der Waals surface area contributed by atoms with E-state index in [2.05, 4.69) is 16.9 Å². The van der Waals surface area contributed by atoms with Crippen molar-refractivity contribution in [1.82, 2.24) is 14.7 Å². The van der Waals surface area contributed by atoms with E-state index < -0.39 is 0 Å². The molecule has 1 aromatic rings. The Balaban J connectivity index is 2.16. The summed E-state index contributed by atoms with van der Waals surface area (Å²) in [6, 6.07) is -0.195. The van der Waals surface area contributed by atoms with Crippen molar-refractivity contribution in [2.45, 2.75) is 44.6 Å². The van der Waals surface area contributed by atoms with Gasteiger partial charge in [-0.3, -0.25) is 4.68 Å². The summed E-state index contributed by atoms with van der Waals surface area (Å²) in [6.45, 7) is 3.79. The molecule has 0 aromatic carbocycles. The molecule has 6 nitrogen and oxygen atoms in total. The second-order valence-electron chi connectivity index (χ2n) is 5.71. The van der Waals surface area contributed by atoms with Crippen molar-refractivity contribution in [2.24, 2.45) is 5.73 Å². The Bertz CT molecular complexity index is 433. The third-order valence-electron chi connectivity index (χ3n) is 3.80. The SMILES string of the molecule is COc1cnn(CCN(C)C)c1C(N)C1CCC(C)O1. The fourth-order valence-electron chi connectivity index (χ4n) is 2.62. The summed E-state index contributed by atoms with van der Waals surface area (Å²) in [5.74, 6) is 0.749. The van der Waals surface area contributed by atoms with Gasteiger partial charge in [0, 0.05) is 6.54 Å². The average Bonchev–Trinajstić information content (AvgIpc) is 3.01. The third kappa shape index (κ3) is 3.31. The molecule has 1 saturated heterocycles. The highest BCUT2D eigenvalue weighted by molar-refractivity contribution is 5.29. The third-order valence-corrected chi connectivity index (χ3v) is 3.80. The lowest BCUT2D eigenvalue weighted by atomic mass is 10.0. The number of nitrogens with zero attached hydrogens (tertiary/aromatic N) is 3. The predicted octanol–water partition coefficient (Wildman–Crippen LogP) is 1.02. The highest BCUT2D eigenvalue weighted by atomic mass is 16.5. The summed E-state index contributed by atoms with van der Waals surface area (Å²) < 4.78 is 13.2. The van der Waals surface area contributed by atoms with Gasteiger partial charge >= 0.3 is 0 Å². The van der Waals surface area contributed by atoms with Crippen molar-refractivity contribution in [3.8, 4) is 5.75 Å². The lowest BCUT2D eigenvalue weighted by molar-refractivity contribution is 0.0378. The van der Waals surface area contributed by atoms with E-state index in [1.807, 2.05) is 18.8 Å². The van der Waals surface area contributed by atoms with Gasteiger partial charge in [-0.1, -0.05) is 0 Å². The van der Waals surface area contributed by atoms with Crippen molar-refractivity contribution >= 4 is 0 Å². The maximum atomic E-state index is 6.41. The predicted molar refractivity (Wildman–Crippen MR) is 77.8 cm³/mol. The summed E-state index contributed by atoms with van der Waals surface area (Å²) in [4.78, 5) is 2.12. The van der Waals surface area contributed by atoms with Crippen LogP contribution in [0.15, 0.2) is 6.20 Å². The summed E-state index contributed by atoms with van der Waals surface area (Å²) in [5.41, 5.74) is 7.35. The number of nitrogens with two attached hydrogens (primary N) is 1. The molecule has 0 saturated carbocycles. The molecule has 3 unspecified atom stereocenters. The highest BCUT2D eigenvalue weighted by Crippen LogP contribution is 2.32. The number of aromatic nitrogens is 2. The van der Waals surface area contributed by atoms with Gasteiger partial charge in [-0.15, -0.1) is 0 Å². The van der Waals surface area contributed by atoms with Crippen molar-refractivity contribution in [2.75, 3.05) is 27.7 Å². The van der Waals surface area contributed by atoms with Gasteiger partial charge in [-0.05, 0) is 33.9 Å². The van der Waals surface area contributed by atoms with Gasteiger partial charge in [0.2, 0.25) is 0 Å². The van der Waals surface area contributed by atoms with E-state index in [1.54, 1.807) is 13.3 Å². The molecule has 1 aliphatic rings. The van der Waals surface area contributed by atoms with Crippen LogP contribution in [0.2, 0.25) is 0 Å². The molecule has 114 valence electrons. The first kappa shape index (κ1) is 15.3. The number of rotatable bonds is 6. The topological polar surface area (TPSA) is 65.5 Å². The van der Waals surface area contributed by atoms with Crippen LogP contribution in [-0.4, -0.2) is 54.6 Å². The minimum atomic E-state index is -0.195. The first-order chi connectivity index (χ1) is 9.52.